The predicted octanol–water partition coefficient (Wildman–Crippen LogP) is 5.69. The molecule has 186 valence electrons. The lowest BCUT2D eigenvalue weighted by Gasteiger charge is -2.27. The first-order chi connectivity index (χ1) is 18.0. The van der Waals surface area contributed by atoms with Crippen molar-refractivity contribution in [1.82, 2.24) is 0 Å². The molecule has 6 nitrogen and oxygen atoms in total. The number of ether oxygens (including phenoxy) is 3. The van der Waals surface area contributed by atoms with Crippen molar-refractivity contribution in [2.24, 2.45) is 0 Å². The van der Waals surface area contributed by atoms with E-state index in [2.05, 4.69) is 0 Å². The van der Waals surface area contributed by atoms with Crippen LogP contribution in [0.4, 0.5) is 0 Å². The van der Waals surface area contributed by atoms with Crippen LogP contribution < -0.4 is 14.2 Å². The minimum Gasteiger partial charge on any atom is -0.507 e. The Hall–Kier alpha value is -4.58. The maximum absolute atomic E-state index is 13.1. The van der Waals surface area contributed by atoms with Gasteiger partial charge in [0.2, 0.25) is 0 Å². The molecule has 0 fully saturated rings. The second-order valence-corrected chi connectivity index (χ2v) is 8.78. The summed E-state index contributed by atoms with van der Waals surface area (Å²) in [6, 6.07) is 27.1. The summed E-state index contributed by atoms with van der Waals surface area (Å²) >= 11 is 0. The van der Waals surface area contributed by atoms with Crippen molar-refractivity contribution in [3.05, 3.63) is 119 Å². The van der Waals surface area contributed by atoms with Crippen LogP contribution in [0.15, 0.2) is 91.0 Å². The van der Waals surface area contributed by atoms with Gasteiger partial charge in [0.05, 0.1) is 25.7 Å². The molecule has 37 heavy (non-hydrogen) atoms. The Kier molecular flexibility index (Phi) is 6.90. The number of phenolic OH excluding ortho intramolecular Hbond substituents is 1. The van der Waals surface area contributed by atoms with Gasteiger partial charge in [0.25, 0.3) is 0 Å². The third kappa shape index (κ3) is 5.05. The second-order valence-electron chi connectivity index (χ2n) is 8.78. The highest BCUT2D eigenvalue weighted by Gasteiger charge is 2.34. The van der Waals surface area contributed by atoms with Gasteiger partial charge in [-0.05, 0) is 35.9 Å². The van der Waals surface area contributed by atoms with Crippen LogP contribution in [-0.4, -0.2) is 30.6 Å². The van der Waals surface area contributed by atoms with Gasteiger partial charge in [-0.25, -0.2) is 0 Å². The third-order valence-electron chi connectivity index (χ3n) is 6.50. The molecule has 1 aliphatic rings. The molecule has 0 radical (unpaired) electrons. The summed E-state index contributed by atoms with van der Waals surface area (Å²) < 4.78 is 16.8. The highest BCUT2D eigenvalue weighted by atomic mass is 16.5. The number of benzene rings is 4. The van der Waals surface area contributed by atoms with Gasteiger partial charge < -0.3 is 19.3 Å². The number of esters is 1. The smallest absolute Gasteiger partial charge is 0.312 e. The summed E-state index contributed by atoms with van der Waals surface area (Å²) in [7, 11) is 1.63. The molecule has 0 aliphatic carbocycles. The van der Waals surface area contributed by atoms with Crippen molar-refractivity contribution in [1.29, 1.82) is 0 Å². The van der Waals surface area contributed by atoms with Crippen molar-refractivity contribution in [3.63, 3.8) is 0 Å². The second kappa shape index (κ2) is 10.6. The lowest BCUT2D eigenvalue weighted by Crippen LogP contribution is -2.22. The van der Waals surface area contributed by atoms with Crippen LogP contribution in [0.25, 0.3) is 0 Å². The van der Waals surface area contributed by atoms with Crippen molar-refractivity contribution in [2.45, 2.75) is 18.8 Å². The number of carbonyl (C=O) groups excluding carboxylic acids is 2. The number of para-hydroxylation sites is 1. The number of fused-ring (bicyclic) bond motifs is 1. The molecule has 1 N–H and O–H groups in total. The van der Waals surface area contributed by atoms with E-state index in [1.165, 1.54) is 6.07 Å². The highest BCUT2D eigenvalue weighted by molar-refractivity contribution is 6.11. The zero-order valence-electron chi connectivity index (χ0n) is 20.3. The van der Waals surface area contributed by atoms with E-state index in [4.69, 9.17) is 14.2 Å². The Morgan fingerprint density at radius 3 is 2.43 bits per heavy atom. The van der Waals surface area contributed by atoms with E-state index in [9.17, 15) is 14.7 Å². The van der Waals surface area contributed by atoms with E-state index >= 15 is 0 Å². The van der Waals surface area contributed by atoms with Gasteiger partial charge in [-0.1, -0.05) is 60.7 Å². The van der Waals surface area contributed by atoms with Crippen LogP contribution in [0, 0.1) is 0 Å². The van der Waals surface area contributed by atoms with E-state index in [0.29, 0.717) is 29.9 Å². The lowest BCUT2D eigenvalue weighted by atomic mass is 9.83. The first-order valence-corrected chi connectivity index (χ1v) is 12.1. The molecule has 0 bridgehead atoms. The molecular weight excluding hydrogens is 468 g/mol. The zero-order valence-corrected chi connectivity index (χ0v) is 20.3. The van der Waals surface area contributed by atoms with Crippen LogP contribution in [0.1, 0.15) is 45.0 Å². The fourth-order valence-corrected chi connectivity index (χ4v) is 4.61. The molecule has 1 atom stereocenters. The first kappa shape index (κ1) is 24.1. The zero-order chi connectivity index (χ0) is 25.8. The topological polar surface area (TPSA) is 82.1 Å². The van der Waals surface area contributed by atoms with Crippen LogP contribution in [0.3, 0.4) is 0 Å². The summed E-state index contributed by atoms with van der Waals surface area (Å²) in [5.74, 6) is 0.224. The standard InChI is InChI=1S/C31H26O6/c1-35-22-13-11-20(12-14-22)17-18-36-26-10-6-5-9-23(26)25-19-28(32)37-27-16-15-24(31(34)29(25)27)30(33)21-7-3-2-4-8-21/h2-16,25,34H,17-19H2,1H3/t25-/m0/s1. The number of methoxy groups -OCH3 is 1. The maximum Gasteiger partial charge on any atom is 0.312 e. The molecule has 0 saturated carbocycles. The number of hydrogen-bond donors (Lipinski definition) is 1. The Balaban J connectivity index is 1.45. The molecule has 0 spiro atoms. The van der Waals surface area contributed by atoms with Gasteiger partial charge in [0.15, 0.2) is 5.78 Å². The number of rotatable bonds is 8. The summed E-state index contributed by atoms with van der Waals surface area (Å²) in [6.07, 6.45) is 0.699. The molecule has 4 aromatic rings. The molecule has 0 unspecified atom stereocenters. The Labute approximate surface area is 215 Å². The third-order valence-corrected chi connectivity index (χ3v) is 6.50. The molecule has 0 saturated heterocycles. The van der Waals surface area contributed by atoms with Crippen LogP contribution in [0.2, 0.25) is 0 Å². The molecule has 0 amide bonds. The van der Waals surface area contributed by atoms with Crippen LogP contribution >= 0.6 is 0 Å². The van der Waals surface area contributed by atoms with E-state index in [0.717, 1.165) is 16.9 Å². The normalized spacial score (nSPS) is 14.4. The van der Waals surface area contributed by atoms with E-state index in [-0.39, 0.29) is 29.3 Å². The number of hydrogen-bond acceptors (Lipinski definition) is 6. The Bertz CT molecular complexity index is 1430. The number of phenols is 1. The SMILES string of the molecule is COc1ccc(CCOc2ccccc2[C@@H]2CC(=O)Oc3ccc(C(=O)c4ccccc4)c(O)c32)cc1. The molecule has 5 rings (SSSR count). The number of aromatic hydroxyl groups is 1. The quantitative estimate of drug-likeness (QED) is 0.192. The van der Waals surface area contributed by atoms with Crippen LogP contribution in [0.5, 0.6) is 23.0 Å². The summed E-state index contributed by atoms with van der Waals surface area (Å²) in [5.41, 5.74) is 2.88. The average Bonchev–Trinajstić information content (AvgIpc) is 2.93. The molecule has 1 aliphatic heterocycles. The largest absolute Gasteiger partial charge is 0.507 e. The fourth-order valence-electron chi connectivity index (χ4n) is 4.61. The van der Waals surface area contributed by atoms with Crippen molar-refractivity contribution < 1.29 is 28.9 Å². The van der Waals surface area contributed by atoms with Gasteiger partial charge >= 0.3 is 5.97 Å². The number of ketones is 1. The molecule has 6 heteroatoms. The van der Waals surface area contributed by atoms with Gasteiger partial charge in [0.1, 0.15) is 23.0 Å². The molecular formula is C31H26O6. The van der Waals surface area contributed by atoms with E-state index in [1.807, 2.05) is 54.6 Å². The summed E-state index contributed by atoms with van der Waals surface area (Å²) in [5, 5.41) is 11.3. The molecule has 4 aromatic carbocycles. The first-order valence-electron chi connectivity index (χ1n) is 12.1. The van der Waals surface area contributed by atoms with Gasteiger partial charge in [-0.3, -0.25) is 9.59 Å². The average molecular weight is 495 g/mol. The minimum atomic E-state index is -0.531. The number of carbonyl (C=O) groups is 2. The van der Waals surface area contributed by atoms with E-state index in [1.54, 1.807) is 37.4 Å². The van der Waals surface area contributed by atoms with Crippen molar-refractivity contribution in [2.75, 3.05) is 13.7 Å². The minimum absolute atomic E-state index is 0.0163. The lowest BCUT2D eigenvalue weighted by molar-refractivity contribution is -0.135. The summed E-state index contributed by atoms with van der Waals surface area (Å²) in [4.78, 5) is 25.6. The van der Waals surface area contributed by atoms with Crippen molar-refractivity contribution >= 4 is 11.8 Å². The Morgan fingerprint density at radius 2 is 1.68 bits per heavy atom. The van der Waals surface area contributed by atoms with Crippen LogP contribution in [-0.2, 0) is 11.2 Å². The predicted molar refractivity (Wildman–Crippen MR) is 139 cm³/mol. The monoisotopic (exact) mass is 494 g/mol. The van der Waals surface area contributed by atoms with Gasteiger partial charge in [0, 0.05) is 29.0 Å². The van der Waals surface area contributed by atoms with Gasteiger partial charge in [-0.2, -0.15) is 0 Å². The van der Waals surface area contributed by atoms with Gasteiger partial charge in [-0.15, -0.1) is 0 Å². The maximum atomic E-state index is 13.1. The highest BCUT2D eigenvalue weighted by Crippen LogP contribution is 2.47. The molecule has 1 heterocycles. The van der Waals surface area contributed by atoms with Crippen molar-refractivity contribution in [3.8, 4) is 23.0 Å². The fraction of sp³-hybridized carbons (Fsp3) is 0.161. The van der Waals surface area contributed by atoms with E-state index < -0.39 is 11.9 Å². The molecule has 0 aromatic heterocycles. The summed E-state index contributed by atoms with van der Waals surface area (Å²) in [6.45, 7) is 0.423. The Morgan fingerprint density at radius 1 is 0.946 bits per heavy atom.